The molecule has 2 saturated carbocycles. The summed E-state index contributed by atoms with van der Waals surface area (Å²) in [6, 6.07) is 1.50. The highest BCUT2D eigenvalue weighted by molar-refractivity contribution is 4.82. The Bertz CT molecular complexity index is 229. The predicted octanol–water partition coefficient (Wildman–Crippen LogP) is 2.27. The molecule has 2 aliphatic carbocycles. The second-order valence-corrected chi connectivity index (χ2v) is 6.07. The topological polar surface area (TPSA) is 24.5 Å². The molecule has 0 heterocycles. The van der Waals surface area contributed by atoms with Gasteiger partial charge in [-0.05, 0) is 51.6 Å². The average Bonchev–Trinajstić information content (AvgIpc) is 3.19. The van der Waals surface area contributed by atoms with Gasteiger partial charge in [-0.3, -0.25) is 0 Å². The summed E-state index contributed by atoms with van der Waals surface area (Å²) in [7, 11) is 2.26. The smallest absolute Gasteiger partial charge is 0.0593 e. The van der Waals surface area contributed by atoms with Gasteiger partial charge in [0, 0.05) is 25.2 Å². The molecule has 3 heteroatoms. The van der Waals surface area contributed by atoms with E-state index in [0.29, 0.717) is 0 Å². The fourth-order valence-electron chi connectivity index (χ4n) is 2.96. The SMILES string of the molecule is CCNC1CCCC(N(C)CCOCC2CC2)C1. The average molecular weight is 254 g/mol. The first-order valence-electron chi connectivity index (χ1n) is 7.81. The van der Waals surface area contributed by atoms with Crippen LogP contribution in [0, 0.1) is 5.92 Å². The summed E-state index contributed by atoms with van der Waals surface area (Å²) in [6.45, 7) is 6.31. The molecule has 0 saturated heterocycles. The third-order valence-corrected chi connectivity index (χ3v) is 4.40. The Morgan fingerprint density at radius 3 is 2.78 bits per heavy atom. The lowest BCUT2D eigenvalue weighted by atomic mass is 9.90. The second-order valence-electron chi connectivity index (χ2n) is 6.07. The van der Waals surface area contributed by atoms with E-state index >= 15 is 0 Å². The molecule has 2 fully saturated rings. The zero-order chi connectivity index (χ0) is 12.8. The molecular weight excluding hydrogens is 224 g/mol. The van der Waals surface area contributed by atoms with Crippen molar-refractivity contribution in [3.63, 3.8) is 0 Å². The number of hydrogen-bond acceptors (Lipinski definition) is 3. The summed E-state index contributed by atoms with van der Waals surface area (Å²) in [4.78, 5) is 2.51. The Labute approximate surface area is 112 Å². The van der Waals surface area contributed by atoms with Crippen LogP contribution < -0.4 is 5.32 Å². The van der Waals surface area contributed by atoms with Gasteiger partial charge in [0.05, 0.1) is 6.61 Å². The number of likely N-dealkylation sites (N-methyl/N-ethyl adjacent to an activating group) is 1. The summed E-state index contributed by atoms with van der Waals surface area (Å²) in [6.07, 6.45) is 8.19. The van der Waals surface area contributed by atoms with Gasteiger partial charge in [-0.1, -0.05) is 13.3 Å². The van der Waals surface area contributed by atoms with E-state index in [0.717, 1.165) is 44.3 Å². The fourth-order valence-corrected chi connectivity index (χ4v) is 2.96. The number of rotatable bonds is 8. The van der Waals surface area contributed by atoms with Crippen molar-refractivity contribution in [2.24, 2.45) is 5.92 Å². The minimum absolute atomic E-state index is 0.739. The summed E-state index contributed by atoms with van der Waals surface area (Å²) in [5.74, 6) is 0.892. The van der Waals surface area contributed by atoms with Crippen LogP contribution in [0.3, 0.4) is 0 Å². The van der Waals surface area contributed by atoms with E-state index in [1.165, 1.54) is 38.5 Å². The zero-order valence-electron chi connectivity index (χ0n) is 12.2. The summed E-state index contributed by atoms with van der Waals surface area (Å²) in [5.41, 5.74) is 0. The van der Waals surface area contributed by atoms with Crippen LogP contribution in [0.5, 0.6) is 0 Å². The summed E-state index contributed by atoms with van der Waals surface area (Å²) >= 11 is 0. The first-order valence-corrected chi connectivity index (χ1v) is 7.81. The van der Waals surface area contributed by atoms with Crippen LogP contribution in [0.4, 0.5) is 0 Å². The van der Waals surface area contributed by atoms with E-state index in [4.69, 9.17) is 4.74 Å². The van der Waals surface area contributed by atoms with Gasteiger partial charge in [0.1, 0.15) is 0 Å². The maximum Gasteiger partial charge on any atom is 0.0593 e. The van der Waals surface area contributed by atoms with Gasteiger partial charge in [-0.25, -0.2) is 0 Å². The van der Waals surface area contributed by atoms with Gasteiger partial charge in [-0.2, -0.15) is 0 Å². The number of nitrogens with zero attached hydrogens (tertiary/aromatic N) is 1. The third kappa shape index (κ3) is 4.87. The number of nitrogens with one attached hydrogen (secondary N) is 1. The van der Waals surface area contributed by atoms with Gasteiger partial charge in [0.15, 0.2) is 0 Å². The molecule has 3 nitrogen and oxygen atoms in total. The zero-order valence-corrected chi connectivity index (χ0v) is 12.2. The molecule has 0 bridgehead atoms. The number of ether oxygens (including phenoxy) is 1. The highest BCUT2D eigenvalue weighted by Gasteiger charge is 2.24. The van der Waals surface area contributed by atoms with Crippen LogP contribution in [0.25, 0.3) is 0 Å². The third-order valence-electron chi connectivity index (χ3n) is 4.40. The molecule has 1 N–H and O–H groups in total. The van der Waals surface area contributed by atoms with Crippen LogP contribution in [0.2, 0.25) is 0 Å². The van der Waals surface area contributed by atoms with E-state index in [1.54, 1.807) is 0 Å². The molecule has 2 unspecified atom stereocenters. The fraction of sp³-hybridized carbons (Fsp3) is 1.00. The summed E-state index contributed by atoms with van der Waals surface area (Å²) < 4.78 is 5.74. The van der Waals surface area contributed by atoms with Gasteiger partial charge in [0.2, 0.25) is 0 Å². The van der Waals surface area contributed by atoms with E-state index in [-0.39, 0.29) is 0 Å². The first-order chi connectivity index (χ1) is 8.79. The highest BCUT2D eigenvalue weighted by atomic mass is 16.5. The van der Waals surface area contributed by atoms with Crippen molar-refractivity contribution in [1.82, 2.24) is 10.2 Å². The predicted molar refractivity (Wildman–Crippen MR) is 75.9 cm³/mol. The minimum Gasteiger partial charge on any atom is -0.380 e. The molecule has 2 rings (SSSR count). The van der Waals surface area contributed by atoms with Crippen LogP contribution in [0.1, 0.15) is 45.4 Å². The van der Waals surface area contributed by atoms with Gasteiger partial charge in [-0.15, -0.1) is 0 Å². The molecule has 0 aliphatic heterocycles. The maximum atomic E-state index is 5.74. The van der Waals surface area contributed by atoms with Crippen molar-refractivity contribution in [3.05, 3.63) is 0 Å². The Kier molecular flexibility index (Phi) is 5.93. The molecule has 0 amide bonds. The molecule has 106 valence electrons. The second kappa shape index (κ2) is 7.46. The number of hydrogen-bond donors (Lipinski definition) is 1. The van der Waals surface area contributed by atoms with E-state index in [9.17, 15) is 0 Å². The molecule has 0 aromatic heterocycles. The first kappa shape index (κ1) is 14.3. The monoisotopic (exact) mass is 254 g/mol. The Morgan fingerprint density at radius 1 is 1.22 bits per heavy atom. The molecule has 18 heavy (non-hydrogen) atoms. The van der Waals surface area contributed by atoms with Crippen LogP contribution in [-0.4, -0.2) is 50.3 Å². The van der Waals surface area contributed by atoms with E-state index in [1.807, 2.05) is 0 Å². The Hall–Kier alpha value is -0.120. The van der Waals surface area contributed by atoms with Gasteiger partial charge >= 0.3 is 0 Å². The van der Waals surface area contributed by atoms with Crippen LogP contribution in [-0.2, 0) is 4.74 Å². The van der Waals surface area contributed by atoms with Crippen LogP contribution >= 0.6 is 0 Å². The van der Waals surface area contributed by atoms with Crippen molar-refractivity contribution in [2.75, 3.05) is 33.4 Å². The quantitative estimate of drug-likeness (QED) is 0.673. The molecule has 0 aromatic rings. The lowest BCUT2D eigenvalue weighted by molar-refractivity contribution is 0.0803. The Balaban J connectivity index is 1.59. The van der Waals surface area contributed by atoms with E-state index in [2.05, 4.69) is 24.2 Å². The summed E-state index contributed by atoms with van der Waals surface area (Å²) in [5, 5.41) is 3.60. The lowest BCUT2D eigenvalue weighted by Crippen LogP contribution is -2.43. The minimum atomic E-state index is 0.739. The normalized spacial score (nSPS) is 28.8. The van der Waals surface area contributed by atoms with Crippen molar-refractivity contribution in [1.29, 1.82) is 0 Å². The van der Waals surface area contributed by atoms with Crippen LogP contribution in [0.15, 0.2) is 0 Å². The largest absolute Gasteiger partial charge is 0.380 e. The van der Waals surface area contributed by atoms with Gasteiger partial charge < -0.3 is 15.0 Å². The molecule has 2 atom stereocenters. The van der Waals surface area contributed by atoms with Crippen molar-refractivity contribution in [3.8, 4) is 0 Å². The van der Waals surface area contributed by atoms with Crippen molar-refractivity contribution in [2.45, 2.75) is 57.5 Å². The molecular formula is C15H30N2O. The Morgan fingerprint density at radius 2 is 2.06 bits per heavy atom. The maximum absolute atomic E-state index is 5.74. The van der Waals surface area contributed by atoms with Gasteiger partial charge in [0.25, 0.3) is 0 Å². The van der Waals surface area contributed by atoms with E-state index < -0.39 is 0 Å². The lowest BCUT2D eigenvalue weighted by Gasteiger charge is -2.35. The molecule has 2 aliphatic rings. The highest BCUT2D eigenvalue weighted by Crippen LogP contribution is 2.28. The van der Waals surface area contributed by atoms with Crippen molar-refractivity contribution >= 4 is 0 Å². The standard InChI is InChI=1S/C15H30N2O/c1-3-16-14-5-4-6-15(11-14)17(2)9-10-18-12-13-7-8-13/h13-16H,3-12H2,1-2H3. The molecule has 0 spiro atoms. The van der Waals surface area contributed by atoms with Crippen molar-refractivity contribution < 1.29 is 4.74 Å². The molecule has 0 radical (unpaired) electrons. The molecule has 0 aromatic carbocycles.